The topological polar surface area (TPSA) is 17.3 Å². The maximum atomic E-state index is 14.7. The summed E-state index contributed by atoms with van der Waals surface area (Å²) in [6, 6.07) is 23.0. The SMILES string of the molecule is Cc1c2ccccc2cc2c3ncc(F)c4ccc5c6ccccc6n(c12)c5c43. The standard InChI is InChI=1S/C26H15FN2/c1-14-16-7-3-2-6-15(16)12-20-24-23-19(21(27)13-28-24)11-10-18-17-8-4-5-9-22(17)29(25(14)20)26(18)23/h2-13H,1H3. The largest absolute Gasteiger partial charge is 0.308 e. The number of hydrogen-bond acceptors (Lipinski definition) is 1. The molecule has 0 saturated carbocycles. The van der Waals surface area contributed by atoms with Crippen molar-refractivity contribution in [2.75, 3.05) is 0 Å². The van der Waals surface area contributed by atoms with Gasteiger partial charge in [-0.15, -0.1) is 0 Å². The van der Waals surface area contributed by atoms with Crippen LogP contribution in [0.2, 0.25) is 0 Å². The first-order valence-electron chi connectivity index (χ1n) is 9.77. The summed E-state index contributed by atoms with van der Waals surface area (Å²) in [7, 11) is 0. The van der Waals surface area contributed by atoms with Gasteiger partial charge in [-0.3, -0.25) is 4.98 Å². The van der Waals surface area contributed by atoms with Gasteiger partial charge in [0.2, 0.25) is 0 Å². The normalized spacial score (nSPS) is 12.5. The first kappa shape index (κ1) is 15.2. The van der Waals surface area contributed by atoms with E-state index in [4.69, 9.17) is 0 Å². The van der Waals surface area contributed by atoms with Crippen LogP contribution >= 0.6 is 0 Å². The Morgan fingerprint density at radius 2 is 1.52 bits per heavy atom. The number of para-hydroxylation sites is 1. The highest BCUT2D eigenvalue weighted by molar-refractivity contribution is 6.28. The predicted molar refractivity (Wildman–Crippen MR) is 119 cm³/mol. The monoisotopic (exact) mass is 374 g/mol. The molecule has 0 bridgehead atoms. The fraction of sp³-hybridized carbons (Fsp3) is 0.0385. The Kier molecular flexibility index (Phi) is 2.63. The Hall–Kier alpha value is -3.72. The molecular weight excluding hydrogens is 359 g/mol. The Bertz CT molecular complexity index is 1780. The van der Waals surface area contributed by atoms with Crippen LogP contribution in [0, 0.1) is 12.7 Å². The summed E-state index contributed by atoms with van der Waals surface area (Å²) in [6.07, 6.45) is 1.36. The van der Waals surface area contributed by atoms with Crippen LogP contribution < -0.4 is 0 Å². The minimum absolute atomic E-state index is 0.275. The van der Waals surface area contributed by atoms with Crippen molar-refractivity contribution in [3.05, 3.63) is 84.3 Å². The number of aromatic nitrogens is 2. The van der Waals surface area contributed by atoms with Crippen molar-refractivity contribution < 1.29 is 4.39 Å². The zero-order valence-electron chi connectivity index (χ0n) is 15.7. The number of halogens is 1. The summed E-state index contributed by atoms with van der Waals surface area (Å²) in [5.74, 6) is -0.275. The summed E-state index contributed by atoms with van der Waals surface area (Å²) in [6.45, 7) is 2.18. The molecule has 136 valence electrons. The van der Waals surface area contributed by atoms with Crippen molar-refractivity contribution >= 4 is 59.8 Å². The molecule has 0 amide bonds. The van der Waals surface area contributed by atoms with E-state index in [-0.39, 0.29) is 5.82 Å². The molecule has 0 atom stereocenters. The molecule has 0 aliphatic heterocycles. The van der Waals surface area contributed by atoms with E-state index in [1.807, 2.05) is 12.1 Å². The van der Waals surface area contributed by atoms with Crippen LogP contribution in [0.3, 0.4) is 0 Å². The lowest BCUT2D eigenvalue weighted by atomic mass is 9.97. The van der Waals surface area contributed by atoms with Gasteiger partial charge >= 0.3 is 0 Å². The molecule has 0 unspecified atom stereocenters. The van der Waals surface area contributed by atoms with E-state index in [0.717, 1.165) is 38.2 Å². The van der Waals surface area contributed by atoms with Crippen molar-refractivity contribution in [2.45, 2.75) is 6.92 Å². The van der Waals surface area contributed by atoms with Crippen molar-refractivity contribution in [2.24, 2.45) is 0 Å². The molecule has 0 aliphatic carbocycles. The van der Waals surface area contributed by atoms with Gasteiger partial charge in [0.1, 0.15) is 5.82 Å². The van der Waals surface area contributed by atoms with E-state index in [1.54, 1.807) is 0 Å². The average molecular weight is 374 g/mol. The predicted octanol–water partition coefficient (Wildman–Crippen LogP) is 6.99. The zero-order valence-corrected chi connectivity index (χ0v) is 15.7. The number of rotatable bonds is 0. The zero-order chi connectivity index (χ0) is 19.3. The minimum atomic E-state index is -0.275. The summed E-state index contributed by atoms with van der Waals surface area (Å²) in [4.78, 5) is 4.59. The first-order valence-corrected chi connectivity index (χ1v) is 9.77. The quantitative estimate of drug-likeness (QED) is 0.207. The van der Waals surface area contributed by atoms with E-state index in [0.29, 0.717) is 5.39 Å². The third-order valence-corrected chi connectivity index (χ3v) is 6.39. The fourth-order valence-electron chi connectivity index (χ4n) is 5.17. The van der Waals surface area contributed by atoms with E-state index >= 15 is 0 Å². The van der Waals surface area contributed by atoms with Crippen LogP contribution in [0.4, 0.5) is 4.39 Å². The summed E-state index contributed by atoms with van der Waals surface area (Å²) in [5.41, 5.74) is 5.43. The smallest absolute Gasteiger partial charge is 0.149 e. The molecule has 0 spiro atoms. The highest BCUT2D eigenvalue weighted by atomic mass is 19.1. The molecule has 4 aromatic carbocycles. The van der Waals surface area contributed by atoms with Gasteiger partial charge in [-0.2, -0.15) is 0 Å². The lowest BCUT2D eigenvalue weighted by Gasteiger charge is -2.16. The van der Waals surface area contributed by atoms with Crippen molar-refractivity contribution in [1.29, 1.82) is 0 Å². The molecule has 7 rings (SSSR count). The van der Waals surface area contributed by atoms with Crippen LogP contribution in [0.25, 0.3) is 59.8 Å². The Morgan fingerprint density at radius 1 is 0.759 bits per heavy atom. The second kappa shape index (κ2) is 5.00. The third kappa shape index (κ3) is 1.70. The molecule has 0 radical (unpaired) electrons. The molecule has 7 aromatic rings. The Balaban J connectivity index is 1.98. The fourth-order valence-corrected chi connectivity index (χ4v) is 5.17. The summed E-state index contributed by atoms with van der Waals surface area (Å²) < 4.78 is 17.1. The van der Waals surface area contributed by atoms with Crippen LogP contribution in [0.5, 0.6) is 0 Å². The van der Waals surface area contributed by atoms with E-state index in [9.17, 15) is 4.39 Å². The number of nitrogens with zero attached hydrogens (tertiary/aromatic N) is 2. The van der Waals surface area contributed by atoms with Gasteiger partial charge in [-0.05, 0) is 35.4 Å². The maximum absolute atomic E-state index is 14.7. The van der Waals surface area contributed by atoms with Crippen LogP contribution in [0.1, 0.15) is 5.56 Å². The van der Waals surface area contributed by atoms with Crippen molar-refractivity contribution in [3.63, 3.8) is 0 Å². The first-order chi connectivity index (χ1) is 14.2. The van der Waals surface area contributed by atoms with Gasteiger partial charge in [-0.1, -0.05) is 54.6 Å². The highest BCUT2D eigenvalue weighted by Gasteiger charge is 2.21. The molecule has 0 saturated heterocycles. The van der Waals surface area contributed by atoms with E-state index in [2.05, 4.69) is 70.9 Å². The van der Waals surface area contributed by atoms with Gasteiger partial charge in [-0.25, -0.2) is 4.39 Å². The Morgan fingerprint density at radius 3 is 2.41 bits per heavy atom. The number of pyridine rings is 2. The average Bonchev–Trinajstić information content (AvgIpc) is 3.09. The van der Waals surface area contributed by atoms with Crippen LogP contribution in [-0.2, 0) is 0 Å². The van der Waals surface area contributed by atoms with Gasteiger partial charge in [0.05, 0.1) is 28.3 Å². The van der Waals surface area contributed by atoms with Gasteiger partial charge in [0, 0.05) is 26.9 Å². The van der Waals surface area contributed by atoms with Gasteiger partial charge < -0.3 is 4.40 Å². The molecule has 0 fully saturated rings. The molecule has 3 heteroatoms. The molecular formula is C26H15FN2. The lowest BCUT2D eigenvalue weighted by molar-refractivity contribution is 0.635. The van der Waals surface area contributed by atoms with Crippen molar-refractivity contribution in [1.82, 2.24) is 9.38 Å². The summed E-state index contributed by atoms with van der Waals surface area (Å²) in [5, 5.41) is 7.32. The maximum Gasteiger partial charge on any atom is 0.149 e. The molecule has 0 N–H and O–H groups in total. The minimum Gasteiger partial charge on any atom is -0.308 e. The van der Waals surface area contributed by atoms with E-state index < -0.39 is 0 Å². The Labute approximate surface area is 165 Å². The highest BCUT2D eigenvalue weighted by Crippen LogP contribution is 2.42. The lowest BCUT2D eigenvalue weighted by Crippen LogP contribution is -1.98. The summed E-state index contributed by atoms with van der Waals surface area (Å²) >= 11 is 0. The second-order valence-electron chi connectivity index (χ2n) is 7.81. The molecule has 3 heterocycles. The van der Waals surface area contributed by atoms with Crippen molar-refractivity contribution in [3.8, 4) is 0 Å². The molecule has 29 heavy (non-hydrogen) atoms. The molecule has 0 aliphatic rings. The van der Waals surface area contributed by atoms with Crippen LogP contribution in [-0.4, -0.2) is 9.38 Å². The van der Waals surface area contributed by atoms with E-state index in [1.165, 1.54) is 27.9 Å². The number of benzene rings is 4. The number of fused-ring (bicyclic) bond motifs is 7. The molecule has 2 nitrogen and oxygen atoms in total. The van der Waals surface area contributed by atoms with Gasteiger partial charge in [0.25, 0.3) is 0 Å². The number of aryl methyl sites for hydroxylation is 1. The number of hydrogen-bond donors (Lipinski definition) is 0. The molecule has 3 aromatic heterocycles. The van der Waals surface area contributed by atoms with Crippen LogP contribution in [0.15, 0.2) is 72.9 Å². The van der Waals surface area contributed by atoms with Gasteiger partial charge in [0.15, 0.2) is 0 Å². The second-order valence-corrected chi connectivity index (χ2v) is 7.81. The third-order valence-electron chi connectivity index (χ3n) is 6.39.